The van der Waals surface area contributed by atoms with Crippen LogP contribution in [0, 0.1) is 0 Å². The van der Waals surface area contributed by atoms with Crippen LogP contribution in [-0.4, -0.2) is 42.3 Å². The topological polar surface area (TPSA) is 60.4 Å². The quantitative estimate of drug-likeness (QED) is 0.183. The minimum absolute atomic E-state index is 0.174. The van der Waals surface area contributed by atoms with E-state index in [0.29, 0.717) is 0 Å². The summed E-state index contributed by atoms with van der Waals surface area (Å²) in [4.78, 5) is 10.1. The first kappa shape index (κ1) is 31.9. The number of benzene rings is 2. The number of carbonyl (C=O) groups is 1. The molecule has 0 aromatic heterocycles. The van der Waals surface area contributed by atoms with E-state index in [1.165, 1.54) is 94.7 Å². The first-order valence-corrected chi connectivity index (χ1v) is 14.1. The number of likely N-dealkylation sites (N-methyl/N-ethyl adjacent to an activating group) is 1. The Hall–Kier alpha value is -2.17. The van der Waals surface area contributed by atoms with E-state index >= 15 is 0 Å². The fourth-order valence-electron chi connectivity index (χ4n) is 4.60. The van der Waals surface area contributed by atoms with Crippen LogP contribution in [0.2, 0.25) is 0 Å². The summed E-state index contributed by atoms with van der Waals surface area (Å²) in [5.41, 5.74) is 1.57. The van der Waals surface area contributed by atoms with Crippen molar-refractivity contribution in [2.75, 3.05) is 20.6 Å². The van der Waals surface area contributed by atoms with Crippen LogP contribution >= 0.6 is 0 Å². The van der Waals surface area contributed by atoms with Gasteiger partial charge in [0.2, 0.25) is 0 Å². The highest BCUT2D eigenvalue weighted by Crippen LogP contribution is 2.15. The molecule has 0 heterocycles. The first-order chi connectivity index (χ1) is 17.3. The van der Waals surface area contributed by atoms with Crippen LogP contribution in [0.5, 0.6) is 0 Å². The number of aromatic carboxylic acids is 1. The molecule has 2 aromatic rings. The number of carbonyl (C=O) groups excluding carboxylic acids is 1. The number of quaternary nitrogens is 1. The van der Waals surface area contributed by atoms with E-state index in [-0.39, 0.29) is 11.7 Å². The average Bonchev–Trinajstić information content (AvgIpc) is 2.85. The third kappa shape index (κ3) is 17.3. The number of aliphatic hydroxyl groups excluding tert-OH is 1. The molecule has 0 aliphatic carbocycles. The van der Waals surface area contributed by atoms with Crippen molar-refractivity contribution in [3.8, 4) is 0 Å². The predicted molar refractivity (Wildman–Crippen MR) is 150 cm³/mol. The molecule has 0 aliphatic rings. The Kier molecular flexibility index (Phi) is 17.7. The standard InChI is InChI=1S/C25H46NO.C7H6O2/c1-4-5-6-7-8-9-10-11-12-13-14-18-21-25(27)23-26(2,3)22-24-19-16-15-17-20-24;8-7(9)6-4-2-1-3-5-6/h15-17,19-20,25,27H,4-14,18,21-23H2,1-3H3;1-5H,(H,8,9)/q+1;/p-1. The largest absolute Gasteiger partial charge is 0.545 e. The number of carboxylic acid groups (broad SMARTS) is 1. The highest BCUT2D eigenvalue weighted by Gasteiger charge is 2.20. The van der Waals surface area contributed by atoms with Crippen LogP contribution in [0.25, 0.3) is 0 Å². The van der Waals surface area contributed by atoms with Gasteiger partial charge in [0.15, 0.2) is 0 Å². The zero-order chi connectivity index (χ0) is 26.5. The Bertz CT molecular complexity index is 777. The van der Waals surface area contributed by atoms with E-state index in [4.69, 9.17) is 0 Å². The first-order valence-electron chi connectivity index (χ1n) is 14.1. The van der Waals surface area contributed by atoms with Gasteiger partial charge in [-0.3, -0.25) is 0 Å². The third-order valence-electron chi connectivity index (χ3n) is 6.56. The van der Waals surface area contributed by atoms with E-state index in [1.807, 2.05) is 0 Å². The fraction of sp³-hybridized carbons (Fsp3) is 0.594. The Morgan fingerprint density at radius 3 is 1.64 bits per heavy atom. The van der Waals surface area contributed by atoms with Gasteiger partial charge in [-0.2, -0.15) is 0 Å². The third-order valence-corrected chi connectivity index (χ3v) is 6.56. The molecule has 4 nitrogen and oxygen atoms in total. The van der Waals surface area contributed by atoms with Gasteiger partial charge in [0.1, 0.15) is 19.2 Å². The minimum Gasteiger partial charge on any atom is -0.545 e. The minimum atomic E-state index is -1.13. The van der Waals surface area contributed by atoms with Crippen molar-refractivity contribution < 1.29 is 19.5 Å². The van der Waals surface area contributed by atoms with Gasteiger partial charge < -0.3 is 19.5 Å². The Morgan fingerprint density at radius 2 is 1.19 bits per heavy atom. The number of unbranched alkanes of at least 4 members (excludes halogenated alkanes) is 11. The number of hydrogen-bond acceptors (Lipinski definition) is 3. The molecule has 2 aromatic carbocycles. The number of hydrogen-bond donors (Lipinski definition) is 1. The maximum atomic E-state index is 10.4. The average molecular weight is 498 g/mol. The van der Waals surface area contributed by atoms with Crippen LogP contribution in [-0.2, 0) is 6.54 Å². The van der Waals surface area contributed by atoms with Crippen LogP contribution in [0.15, 0.2) is 60.7 Å². The van der Waals surface area contributed by atoms with Gasteiger partial charge in [0.25, 0.3) is 0 Å². The lowest BCUT2D eigenvalue weighted by Crippen LogP contribution is -2.44. The maximum Gasteiger partial charge on any atom is 0.105 e. The lowest BCUT2D eigenvalue weighted by Gasteiger charge is -2.32. The van der Waals surface area contributed by atoms with E-state index < -0.39 is 5.97 Å². The Labute approximate surface area is 221 Å². The zero-order valence-corrected chi connectivity index (χ0v) is 23.2. The fourth-order valence-corrected chi connectivity index (χ4v) is 4.60. The van der Waals surface area contributed by atoms with E-state index in [0.717, 1.165) is 24.0 Å². The molecule has 36 heavy (non-hydrogen) atoms. The molecular formula is C32H51NO3. The van der Waals surface area contributed by atoms with Gasteiger partial charge in [0.05, 0.1) is 20.1 Å². The van der Waals surface area contributed by atoms with Gasteiger partial charge in [-0.25, -0.2) is 0 Å². The number of aliphatic hydroxyl groups is 1. The molecule has 2 rings (SSSR count). The van der Waals surface area contributed by atoms with Crippen molar-refractivity contribution in [2.24, 2.45) is 0 Å². The molecule has 0 saturated heterocycles. The van der Waals surface area contributed by atoms with Crippen LogP contribution in [0.4, 0.5) is 0 Å². The van der Waals surface area contributed by atoms with E-state index in [1.54, 1.807) is 18.2 Å². The van der Waals surface area contributed by atoms with Crippen LogP contribution < -0.4 is 5.11 Å². The van der Waals surface area contributed by atoms with Crippen molar-refractivity contribution in [1.29, 1.82) is 0 Å². The molecule has 1 atom stereocenters. The molecular weight excluding hydrogens is 446 g/mol. The summed E-state index contributed by atoms with van der Waals surface area (Å²) in [6.45, 7) is 4.10. The Balaban J connectivity index is 0.000000600. The van der Waals surface area contributed by atoms with Crippen molar-refractivity contribution >= 4 is 5.97 Å². The summed E-state index contributed by atoms with van der Waals surface area (Å²) in [7, 11) is 4.44. The Morgan fingerprint density at radius 1 is 0.750 bits per heavy atom. The van der Waals surface area contributed by atoms with Crippen molar-refractivity contribution in [1.82, 2.24) is 0 Å². The summed E-state index contributed by atoms with van der Waals surface area (Å²) < 4.78 is 0.851. The zero-order valence-electron chi connectivity index (χ0n) is 23.2. The smallest absolute Gasteiger partial charge is 0.105 e. The number of rotatable bonds is 18. The molecule has 0 amide bonds. The predicted octanol–water partition coefficient (Wildman–Crippen LogP) is 6.77. The highest BCUT2D eigenvalue weighted by molar-refractivity contribution is 5.85. The molecule has 0 aliphatic heterocycles. The van der Waals surface area contributed by atoms with Crippen molar-refractivity contribution in [3.05, 3.63) is 71.8 Å². The van der Waals surface area contributed by atoms with Gasteiger partial charge in [0, 0.05) is 5.56 Å². The normalized spacial score (nSPS) is 12.0. The summed E-state index contributed by atoms with van der Waals surface area (Å²) in [6.07, 6.45) is 17.2. The molecule has 0 saturated carbocycles. The summed E-state index contributed by atoms with van der Waals surface area (Å²) in [6, 6.07) is 18.7. The van der Waals surface area contributed by atoms with E-state index in [2.05, 4.69) is 51.4 Å². The highest BCUT2D eigenvalue weighted by atomic mass is 16.4. The molecule has 0 bridgehead atoms. The number of nitrogens with zero attached hydrogens (tertiary/aromatic N) is 1. The molecule has 4 heteroatoms. The van der Waals surface area contributed by atoms with Gasteiger partial charge in [-0.1, -0.05) is 145 Å². The second-order valence-corrected chi connectivity index (χ2v) is 10.7. The van der Waals surface area contributed by atoms with Gasteiger partial charge in [-0.05, 0) is 12.0 Å². The van der Waals surface area contributed by atoms with Crippen LogP contribution in [0.3, 0.4) is 0 Å². The lowest BCUT2D eigenvalue weighted by atomic mass is 10.0. The van der Waals surface area contributed by atoms with Gasteiger partial charge in [-0.15, -0.1) is 0 Å². The van der Waals surface area contributed by atoms with Crippen molar-refractivity contribution in [3.63, 3.8) is 0 Å². The summed E-state index contributed by atoms with van der Waals surface area (Å²) in [5, 5.41) is 20.5. The SMILES string of the molecule is CCCCCCCCCCCCCCC(O)C[N+](C)(C)Cc1ccccc1.O=C([O-])c1ccccc1. The molecule has 1 N–H and O–H groups in total. The summed E-state index contributed by atoms with van der Waals surface area (Å²) >= 11 is 0. The van der Waals surface area contributed by atoms with Gasteiger partial charge >= 0.3 is 0 Å². The molecule has 0 spiro atoms. The summed E-state index contributed by atoms with van der Waals surface area (Å²) in [5.74, 6) is -1.13. The molecule has 1 unspecified atom stereocenters. The van der Waals surface area contributed by atoms with E-state index in [9.17, 15) is 15.0 Å². The second kappa shape index (κ2) is 20.0. The maximum absolute atomic E-state index is 10.4. The second-order valence-electron chi connectivity index (χ2n) is 10.7. The van der Waals surface area contributed by atoms with Crippen molar-refractivity contribution in [2.45, 2.75) is 103 Å². The number of carboxylic acids is 1. The molecule has 0 fully saturated rings. The molecule has 202 valence electrons. The van der Waals surface area contributed by atoms with Crippen LogP contribution in [0.1, 0.15) is 106 Å². The molecule has 0 radical (unpaired) electrons. The lowest BCUT2D eigenvalue weighted by molar-refractivity contribution is -0.906. The monoisotopic (exact) mass is 497 g/mol.